The lowest BCUT2D eigenvalue weighted by atomic mass is 9.94. The Bertz CT molecular complexity index is 1030. The number of alkyl halides is 2. The van der Waals surface area contributed by atoms with Gasteiger partial charge in [0.2, 0.25) is 0 Å². The third-order valence-electron chi connectivity index (χ3n) is 4.90. The van der Waals surface area contributed by atoms with Gasteiger partial charge in [-0.2, -0.15) is 14.6 Å². The molecule has 0 radical (unpaired) electrons. The molecule has 1 aromatic carbocycles. The van der Waals surface area contributed by atoms with Crippen LogP contribution >= 0.6 is 0 Å². The molecule has 0 spiro atoms. The Morgan fingerprint density at radius 3 is 2.93 bits per heavy atom. The maximum atomic E-state index is 13.6. The number of likely N-dealkylation sites (tertiary alicyclic amines) is 1. The number of hydrogen-bond donors (Lipinski definition) is 0. The Kier molecular flexibility index (Phi) is 5.32. The minimum atomic E-state index is -2.73. The van der Waals surface area contributed by atoms with Gasteiger partial charge in [0.1, 0.15) is 12.0 Å². The molecular formula is C19H18F3N5O2. The summed E-state index contributed by atoms with van der Waals surface area (Å²) in [5.74, 6) is -0.933. The molecule has 4 rings (SSSR count). The Hall–Kier alpha value is -3.17. The van der Waals surface area contributed by atoms with Crippen LogP contribution in [0.5, 0.6) is 5.75 Å². The summed E-state index contributed by atoms with van der Waals surface area (Å²) in [6, 6.07) is 7.18. The van der Waals surface area contributed by atoms with Gasteiger partial charge in [-0.1, -0.05) is 12.1 Å². The van der Waals surface area contributed by atoms with E-state index >= 15 is 0 Å². The van der Waals surface area contributed by atoms with Crippen molar-refractivity contribution < 1.29 is 22.7 Å². The zero-order valence-corrected chi connectivity index (χ0v) is 15.3. The number of fused-ring (bicyclic) bond motifs is 1. The topological polar surface area (TPSA) is 72.6 Å². The first kappa shape index (κ1) is 19.2. The van der Waals surface area contributed by atoms with Crippen molar-refractivity contribution in [1.29, 1.82) is 0 Å². The fraction of sp³-hybridized carbons (Fsp3) is 0.368. The van der Waals surface area contributed by atoms with Crippen molar-refractivity contribution in [2.45, 2.75) is 25.2 Å². The Morgan fingerprint density at radius 2 is 2.14 bits per heavy atom. The number of aromatic nitrogens is 4. The van der Waals surface area contributed by atoms with Crippen molar-refractivity contribution in [2.75, 3.05) is 19.7 Å². The SMILES string of the molecule is O=C(COc1ccccc1F)N1CCC[C@@H](c2cc(C(F)F)n3ncnc3n2)C1. The molecular weight excluding hydrogens is 387 g/mol. The highest BCUT2D eigenvalue weighted by molar-refractivity contribution is 5.78. The molecule has 1 saturated heterocycles. The number of carbonyl (C=O) groups excluding carboxylic acids is 1. The number of hydrogen-bond acceptors (Lipinski definition) is 5. The van der Waals surface area contributed by atoms with Crippen molar-refractivity contribution in [1.82, 2.24) is 24.5 Å². The predicted octanol–water partition coefficient (Wildman–Crippen LogP) is 2.99. The molecule has 0 aliphatic carbocycles. The van der Waals surface area contributed by atoms with E-state index < -0.39 is 12.2 Å². The van der Waals surface area contributed by atoms with Crippen LogP contribution in [0.15, 0.2) is 36.7 Å². The van der Waals surface area contributed by atoms with Crippen molar-refractivity contribution in [2.24, 2.45) is 0 Å². The van der Waals surface area contributed by atoms with Gasteiger partial charge in [0.15, 0.2) is 18.2 Å². The Labute approximate surface area is 164 Å². The van der Waals surface area contributed by atoms with E-state index in [1.807, 2.05) is 0 Å². The average molecular weight is 405 g/mol. The number of rotatable bonds is 5. The van der Waals surface area contributed by atoms with E-state index in [2.05, 4.69) is 15.1 Å². The molecule has 3 heterocycles. The minimum absolute atomic E-state index is 0.00918. The van der Waals surface area contributed by atoms with E-state index in [1.54, 1.807) is 11.0 Å². The number of amides is 1. The highest BCUT2D eigenvalue weighted by atomic mass is 19.3. The van der Waals surface area contributed by atoms with Gasteiger partial charge in [-0.05, 0) is 31.0 Å². The summed E-state index contributed by atoms with van der Waals surface area (Å²) < 4.78 is 46.7. The van der Waals surface area contributed by atoms with Crippen LogP contribution in [0.1, 0.15) is 36.6 Å². The molecule has 0 N–H and O–H groups in total. The molecule has 10 heteroatoms. The van der Waals surface area contributed by atoms with Gasteiger partial charge in [0.25, 0.3) is 18.1 Å². The third-order valence-corrected chi connectivity index (χ3v) is 4.90. The van der Waals surface area contributed by atoms with Crippen molar-refractivity contribution in [3.05, 3.63) is 53.9 Å². The molecule has 1 atom stereocenters. The zero-order chi connectivity index (χ0) is 20.4. The molecule has 7 nitrogen and oxygen atoms in total. The van der Waals surface area contributed by atoms with Gasteiger partial charge in [-0.3, -0.25) is 4.79 Å². The fourth-order valence-electron chi connectivity index (χ4n) is 3.46. The van der Waals surface area contributed by atoms with E-state index in [1.165, 1.54) is 30.6 Å². The summed E-state index contributed by atoms with van der Waals surface area (Å²) in [6.07, 6.45) is -0.150. The van der Waals surface area contributed by atoms with Gasteiger partial charge in [0.05, 0.1) is 5.69 Å². The van der Waals surface area contributed by atoms with Crippen LogP contribution in [0.25, 0.3) is 5.78 Å². The van der Waals surface area contributed by atoms with E-state index in [0.29, 0.717) is 31.6 Å². The molecule has 1 aliphatic rings. The van der Waals surface area contributed by atoms with Gasteiger partial charge < -0.3 is 9.64 Å². The van der Waals surface area contributed by atoms with Gasteiger partial charge >= 0.3 is 0 Å². The highest BCUT2D eigenvalue weighted by Crippen LogP contribution is 2.29. The molecule has 1 amide bonds. The molecule has 0 unspecified atom stereocenters. The second kappa shape index (κ2) is 8.06. The monoisotopic (exact) mass is 405 g/mol. The molecule has 152 valence electrons. The van der Waals surface area contributed by atoms with E-state index in [-0.39, 0.29) is 35.7 Å². The highest BCUT2D eigenvalue weighted by Gasteiger charge is 2.28. The van der Waals surface area contributed by atoms with Crippen LogP contribution in [-0.2, 0) is 4.79 Å². The summed E-state index contributed by atoms with van der Waals surface area (Å²) in [5, 5.41) is 3.78. The number of ether oxygens (including phenoxy) is 1. The molecule has 0 bridgehead atoms. The van der Waals surface area contributed by atoms with E-state index in [9.17, 15) is 18.0 Å². The average Bonchev–Trinajstić information content (AvgIpc) is 3.21. The molecule has 1 fully saturated rings. The quantitative estimate of drug-likeness (QED) is 0.653. The number of piperidine rings is 1. The maximum Gasteiger partial charge on any atom is 0.280 e. The van der Waals surface area contributed by atoms with E-state index in [4.69, 9.17) is 4.74 Å². The standard InChI is InChI=1S/C19H18F3N5O2/c20-13-5-1-2-6-16(13)29-10-17(28)26-7-3-4-12(9-26)14-8-15(18(21)22)27-19(25-14)23-11-24-27/h1-2,5-6,8,11-12,18H,3-4,7,9-10H2/t12-/m1/s1. The van der Waals surface area contributed by atoms with Crippen LogP contribution in [0, 0.1) is 5.82 Å². The van der Waals surface area contributed by atoms with Crippen molar-refractivity contribution >= 4 is 11.7 Å². The molecule has 3 aromatic rings. The number of carbonyl (C=O) groups is 1. The van der Waals surface area contributed by atoms with E-state index in [0.717, 1.165) is 4.52 Å². The van der Waals surface area contributed by atoms with Crippen LogP contribution in [0.4, 0.5) is 13.2 Å². The van der Waals surface area contributed by atoms with Crippen molar-refractivity contribution in [3.8, 4) is 5.75 Å². The first-order valence-corrected chi connectivity index (χ1v) is 9.16. The lowest BCUT2D eigenvalue weighted by Crippen LogP contribution is -2.41. The van der Waals surface area contributed by atoms with Gasteiger partial charge in [0, 0.05) is 19.0 Å². The Morgan fingerprint density at radius 1 is 1.31 bits per heavy atom. The smallest absolute Gasteiger partial charge is 0.280 e. The van der Waals surface area contributed by atoms with Gasteiger partial charge in [-0.25, -0.2) is 18.2 Å². The molecule has 0 saturated carbocycles. The maximum absolute atomic E-state index is 13.6. The first-order valence-electron chi connectivity index (χ1n) is 9.16. The summed E-state index contributed by atoms with van der Waals surface area (Å²) in [5.41, 5.74) is 0.169. The fourth-order valence-corrected chi connectivity index (χ4v) is 3.46. The normalized spacial score (nSPS) is 17.1. The summed E-state index contributed by atoms with van der Waals surface area (Å²) in [4.78, 5) is 22.4. The van der Waals surface area contributed by atoms with Crippen LogP contribution in [0.2, 0.25) is 0 Å². The second-order valence-electron chi connectivity index (χ2n) is 6.78. The number of nitrogens with zero attached hydrogens (tertiary/aromatic N) is 5. The van der Waals surface area contributed by atoms with Crippen LogP contribution in [-0.4, -0.2) is 50.1 Å². The first-order chi connectivity index (χ1) is 14.0. The largest absolute Gasteiger partial charge is 0.481 e. The summed E-state index contributed by atoms with van der Waals surface area (Å²) in [6.45, 7) is 0.539. The zero-order valence-electron chi connectivity index (χ0n) is 15.3. The van der Waals surface area contributed by atoms with Crippen LogP contribution in [0.3, 0.4) is 0 Å². The predicted molar refractivity (Wildman–Crippen MR) is 96.2 cm³/mol. The Balaban J connectivity index is 1.47. The van der Waals surface area contributed by atoms with Gasteiger partial charge in [-0.15, -0.1) is 0 Å². The summed E-state index contributed by atoms with van der Waals surface area (Å²) >= 11 is 0. The third kappa shape index (κ3) is 4.01. The minimum Gasteiger partial charge on any atom is -0.481 e. The molecule has 29 heavy (non-hydrogen) atoms. The lowest BCUT2D eigenvalue weighted by molar-refractivity contribution is -0.134. The van der Waals surface area contributed by atoms with Crippen LogP contribution < -0.4 is 4.74 Å². The summed E-state index contributed by atoms with van der Waals surface area (Å²) in [7, 11) is 0. The lowest BCUT2D eigenvalue weighted by Gasteiger charge is -2.32. The molecule has 2 aromatic heterocycles. The number of benzene rings is 1. The molecule has 1 aliphatic heterocycles. The second-order valence-corrected chi connectivity index (χ2v) is 6.78. The van der Waals surface area contributed by atoms with Crippen molar-refractivity contribution in [3.63, 3.8) is 0 Å². The number of halogens is 3. The number of para-hydroxylation sites is 1.